The lowest BCUT2D eigenvalue weighted by atomic mass is 10.3. The number of aryl methyl sites for hydroxylation is 2. The van der Waals surface area contributed by atoms with E-state index in [1.807, 2.05) is 12.3 Å². The second-order valence-electron chi connectivity index (χ2n) is 3.70. The Hall–Kier alpha value is -1.69. The highest BCUT2D eigenvalue weighted by molar-refractivity contribution is 7.09. The van der Waals surface area contributed by atoms with E-state index < -0.39 is 0 Å². The maximum Gasteiger partial charge on any atom is 0.289 e. The van der Waals surface area contributed by atoms with Crippen LogP contribution in [0.2, 0.25) is 0 Å². The van der Waals surface area contributed by atoms with Crippen LogP contribution in [0.1, 0.15) is 27.0 Å². The lowest BCUT2D eigenvalue weighted by Crippen LogP contribution is -2.25. The molecule has 0 aliphatic rings. The van der Waals surface area contributed by atoms with Crippen molar-refractivity contribution in [2.45, 2.75) is 20.3 Å². The molecule has 17 heavy (non-hydrogen) atoms. The topological polar surface area (TPSA) is 68.0 Å². The van der Waals surface area contributed by atoms with Crippen molar-refractivity contribution in [3.8, 4) is 0 Å². The molecule has 90 valence electrons. The number of thiazole rings is 1. The summed E-state index contributed by atoms with van der Waals surface area (Å²) in [5.41, 5.74) is 1.70. The van der Waals surface area contributed by atoms with Crippen LogP contribution in [0.25, 0.3) is 0 Å². The van der Waals surface area contributed by atoms with Gasteiger partial charge in [0.1, 0.15) is 0 Å². The van der Waals surface area contributed by atoms with Gasteiger partial charge < -0.3 is 9.84 Å². The molecule has 0 aliphatic carbocycles. The van der Waals surface area contributed by atoms with E-state index in [2.05, 4.69) is 15.5 Å². The minimum atomic E-state index is -0.238. The number of carbonyl (C=O) groups excluding carboxylic acids is 1. The van der Waals surface area contributed by atoms with Crippen molar-refractivity contribution >= 4 is 17.2 Å². The van der Waals surface area contributed by atoms with Crippen LogP contribution < -0.4 is 5.32 Å². The molecule has 2 aromatic rings. The second-order valence-corrected chi connectivity index (χ2v) is 4.76. The first kappa shape index (κ1) is 11.8. The molecule has 6 heteroatoms. The summed E-state index contributed by atoms with van der Waals surface area (Å²) in [5.74, 6) is 0.00881. The normalized spacial score (nSPS) is 10.5. The highest BCUT2D eigenvalue weighted by Gasteiger charge is 2.10. The van der Waals surface area contributed by atoms with Crippen molar-refractivity contribution in [2.24, 2.45) is 0 Å². The Balaban J connectivity index is 1.81. The number of rotatable bonds is 4. The zero-order valence-corrected chi connectivity index (χ0v) is 10.5. The molecule has 2 heterocycles. The van der Waals surface area contributed by atoms with E-state index in [4.69, 9.17) is 4.52 Å². The van der Waals surface area contributed by atoms with Crippen LogP contribution in [0.5, 0.6) is 0 Å². The molecule has 0 unspecified atom stereocenters. The largest absolute Gasteiger partial charge is 0.351 e. The Kier molecular flexibility index (Phi) is 3.53. The van der Waals surface area contributed by atoms with Crippen LogP contribution in [0, 0.1) is 13.8 Å². The van der Waals surface area contributed by atoms with Crippen LogP contribution in [0.4, 0.5) is 0 Å². The van der Waals surface area contributed by atoms with E-state index in [-0.39, 0.29) is 11.7 Å². The fourth-order valence-corrected chi connectivity index (χ4v) is 2.03. The number of nitrogens with one attached hydrogen (secondary N) is 1. The third kappa shape index (κ3) is 3.13. The Labute approximate surface area is 103 Å². The Morgan fingerprint density at radius 3 is 2.94 bits per heavy atom. The Bertz CT molecular complexity index is 518. The van der Waals surface area contributed by atoms with Gasteiger partial charge in [-0.25, -0.2) is 4.98 Å². The Morgan fingerprint density at radius 1 is 1.53 bits per heavy atom. The monoisotopic (exact) mass is 251 g/mol. The van der Waals surface area contributed by atoms with Gasteiger partial charge in [0.15, 0.2) is 0 Å². The third-order valence-electron chi connectivity index (χ3n) is 2.19. The highest BCUT2D eigenvalue weighted by atomic mass is 32.1. The van der Waals surface area contributed by atoms with Gasteiger partial charge in [-0.3, -0.25) is 4.79 Å². The van der Waals surface area contributed by atoms with Crippen molar-refractivity contribution in [1.82, 2.24) is 15.5 Å². The molecular weight excluding hydrogens is 238 g/mol. The number of carbonyl (C=O) groups is 1. The molecule has 2 aromatic heterocycles. The van der Waals surface area contributed by atoms with Gasteiger partial charge in [0, 0.05) is 24.4 Å². The smallest absolute Gasteiger partial charge is 0.289 e. The van der Waals surface area contributed by atoms with E-state index in [1.165, 1.54) is 0 Å². The zero-order chi connectivity index (χ0) is 12.3. The van der Waals surface area contributed by atoms with Crippen molar-refractivity contribution < 1.29 is 9.32 Å². The zero-order valence-electron chi connectivity index (χ0n) is 9.69. The SMILES string of the molecule is Cc1cc(C(=O)NCCc2csc(C)n2)on1. The first-order chi connectivity index (χ1) is 8.15. The van der Waals surface area contributed by atoms with E-state index in [0.717, 1.165) is 17.1 Å². The lowest BCUT2D eigenvalue weighted by Gasteiger charge is -2.00. The summed E-state index contributed by atoms with van der Waals surface area (Å²) >= 11 is 1.61. The van der Waals surface area contributed by atoms with E-state index in [0.29, 0.717) is 12.2 Å². The minimum Gasteiger partial charge on any atom is -0.351 e. The summed E-state index contributed by atoms with van der Waals surface area (Å²) < 4.78 is 4.86. The second kappa shape index (κ2) is 5.09. The van der Waals surface area contributed by atoms with E-state index in [9.17, 15) is 4.79 Å². The van der Waals surface area contributed by atoms with Crippen LogP contribution in [0.15, 0.2) is 16.0 Å². The van der Waals surface area contributed by atoms with Crippen molar-refractivity contribution in [3.63, 3.8) is 0 Å². The first-order valence-corrected chi connectivity index (χ1v) is 6.15. The number of nitrogens with zero attached hydrogens (tertiary/aromatic N) is 2. The molecule has 1 N–H and O–H groups in total. The lowest BCUT2D eigenvalue weighted by molar-refractivity contribution is 0.0917. The van der Waals surface area contributed by atoms with Crippen LogP contribution >= 0.6 is 11.3 Å². The average molecular weight is 251 g/mol. The van der Waals surface area contributed by atoms with Gasteiger partial charge in [-0.05, 0) is 13.8 Å². The molecule has 0 saturated heterocycles. The van der Waals surface area contributed by atoms with Crippen LogP contribution in [0.3, 0.4) is 0 Å². The number of hydrogen-bond acceptors (Lipinski definition) is 5. The molecule has 0 saturated carbocycles. The summed E-state index contributed by atoms with van der Waals surface area (Å²) in [4.78, 5) is 15.9. The average Bonchev–Trinajstić information content (AvgIpc) is 2.88. The summed E-state index contributed by atoms with van der Waals surface area (Å²) in [6, 6.07) is 1.61. The number of amides is 1. The van der Waals surface area contributed by atoms with Gasteiger partial charge >= 0.3 is 0 Å². The minimum absolute atomic E-state index is 0.238. The summed E-state index contributed by atoms with van der Waals surface area (Å²) in [6.07, 6.45) is 0.725. The molecule has 1 amide bonds. The van der Waals surface area contributed by atoms with E-state index in [1.54, 1.807) is 24.3 Å². The van der Waals surface area contributed by atoms with Gasteiger partial charge in [0.25, 0.3) is 5.91 Å². The quantitative estimate of drug-likeness (QED) is 0.898. The maximum atomic E-state index is 11.6. The van der Waals surface area contributed by atoms with E-state index >= 15 is 0 Å². The molecular formula is C11H13N3O2S. The molecule has 0 bridgehead atoms. The van der Waals surface area contributed by atoms with Gasteiger partial charge in [-0.15, -0.1) is 11.3 Å². The maximum absolute atomic E-state index is 11.6. The molecule has 0 fully saturated rings. The molecule has 0 aromatic carbocycles. The molecule has 0 atom stereocenters. The van der Waals surface area contributed by atoms with Gasteiger partial charge in [0.2, 0.25) is 5.76 Å². The van der Waals surface area contributed by atoms with Crippen molar-refractivity contribution in [2.75, 3.05) is 6.54 Å². The molecule has 0 aliphatic heterocycles. The van der Waals surface area contributed by atoms with Crippen molar-refractivity contribution in [3.05, 3.63) is 33.6 Å². The third-order valence-corrected chi connectivity index (χ3v) is 3.01. The number of aromatic nitrogens is 2. The Morgan fingerprint density at radius 2 is 2.35 bits per heavy atom. The fourth-order valence-electron chi connectivity index (χ4n) is 1.38. The van der Waals surface area contributed by atoms with Gasteiger partial charge in [-0.1, -0.05) is 5.16 Å². The molecule has 2 rings (SSSR count). The summed E-state index contributed by atoms with van der Waals surface area (Å²) in [5, 5.41) is 9.46. The standard InChI is InChI=1S/C11H13N3O2S/c1-7-5-10(16-14-7)11(15)12-4-3-9-6-17-8(2)13-9/h5-6H,3-4H2,1-2H3,(H,12,15). The van der Waals surface area contributed by atoms with Gasteiger partial charge in [-0.2, -0.15) is 0 Å². The predicted molar refractivity (Wildman–Crippen MR) is 64.1 cm³/mol. The summed E-state index contributed by atoms with van der Waals surface area (Å²) in [7, 11) is 0. The van der Waals surface area contributed by atoms with Crippen molar-refractivity contribution in [1.29, 1.82) is 0 Å². The molecule has 0 radical (unpaired) electrons. The first-order valence-electron chi connectivity index (χ1n) is 5.27. The van der Waals surface area contributed by atoms with Crippen LogP contribution in [-0.4, -0.2) is 22.6 Å². The summed E-state index contributed by atoms with van der Waals surface area (Å²) in [6.45, 7) is 4.28. The van der Waals surface area contributed by atoms with Crippen LogP contribution in [-0.2, 0) is 6.42 Å². The highest BCUT2D eigenvalue weighted by Crippen LogP contribution is 2.08. The predicted octanol–water partition coefficient (Wildman–Crippen LogP) is 1.72. The molecule has 5 nitrogen and oxygen atoms in total. The number of hydrogen-bond donors (Lipinski definition) is 1. The fraction of sp³-hybridized carbons (Fsp3) is 0.364. The van der Waals surface area contributed by atoms with Gasteiger partial charge in [0.05, 0.1) is 16.4 Å². The molecule has 0 spiro atoms.